The number of benzene rings is 2. The summed E-state index contributed by atoms with van der Waals surface area (Å²) in [7, 11) is -4.00. The van der Waals surface area contributed by atoms with Crippen molar-refractivity contribution in [3.63, 3.8) is 0 Å². The molecule has 0 bridgehead atoms. The molecule has 0 aliphatic carbocycles. The number of nitrogens with one attached hydrogen (secondary N) is 1. The van der Waals surface area contributed by atoms with Crippen LogP contribution in [0.4, 0.5) is 0 Å². The molecular formula is C25H29ClN4O4S. The lowest BCUT2D eigenvalue weighted by Gasteiger charge is -2.31. The minimum absolute atomic E-state index is 0.0387. The van der Waals surface area contributed by atoms with Gasteiger partial charge in [-0.2, -0.15) is 9.29 Å². The van der Waals surface area contributed by atoms with Crippen LogP contribution in [0.1, 0.15) is 38.1 Å². The number of carbonyl (C=O) groups is 1. The van der Waals surface area contributed by atoms with Crippen molar-refractivity contribution >= 4 is 27.5 Å². The van der Waals surface area contributed by atoms with Gasteiger partial charge in [0.1, 0.15) is 6.04 Å². The van der Waals surface area contributed by atoms with Crippen molar-refractivity contribution in [3.05, 3.63) is 64.9 Å². The second-order valence-electron chi connectivity index (χ2n) is 9.18. The fourth-order valence-corrected chi connectivity index (χ4v) is 6.03. The van der Waals surface area contributed by atoms with Gasteiger partial charge in [0, 0.05) is 23.7 Å². The number of amides is 1. The molecular weight excluding hydrogens is 488 g/mol. The Morgan fingerprint density at radius 3 is 2.43 bits per heavy atom. The van der Waals surface area contributed by atoms with Crippen molar-refractivity contribution in [3.8, 4) is 11.5 Å². The Morgan fingerprint density at radius 1 is 1.14 bits per heavy atom. The zero-order valence-corrected chi connectivity index (χ0v) is 21.5. The van der Waals surface area contributed by atoms with Crippen LogP contribution in [0, 0.1) is 18.8 Å². The topological polar surface area (TPSA) is 105 Å². The maximum atomic E-state index is 13.8. The minimum atomic E-state index is -4.00. The smallest absolute Gasteiger partial charge is 0.257 e. The van der Waals surface area contributed by atoms with Gasteiger partial charge < -0.3 is 9.84 Å². The summed E-state index contributed by atoms with van der Waals surface area (Å²) in [5.41, 5.74) is 1.47. The highest BCUT2D eigenvalue weighted by molar-refractivity contribution is 7.89. The molecule has 0 spiro atoms. The fraction of sp³-hybridized carbons (Fsp3) is 0.400. The molecule has 2 heterocycles. The third-order valence-corrected chi connectivity index (χ3v) is 8.54. The van der Waals surface area contributed by atoms with Crippen LogP contribution in [0.25, 0.3) is 11.5 Å². The van der Waals surface area contributed by atoms with Crippen molar-refractivity contribution in [2.75, 3.05) is 6.54 Å². The standard InChI is InChI=1S/C25H29ClN4O4S/c1-16(2)20-12-13-27-24(31)23(14-20)30(35(32,33)22-10-8-21(26)9-11-22)15-18-4-6-19(7-5-18)25-28-17(3)29-34-25/h4-11,16,20,23H,12-15H2,1-3H3,(H,27,31). The first kappa shape index (κ1) is 25.3. The number of carbonyl (C=O) groups excluding carboxylic acids is 1. The predicted molar refractivity (Wildman–Crippen MR) is 133 cm³/mol. The van der Waals surface area contributed by atoms with E-state index in [1.807, 2.05) is 12.1 Å². The van der Waals surface area contributed by atoms with Gasteiger partial charge in [0.25, 0.3) is 5.89 Å². The minimum Gasteiger partial charge on any atom is -0.355 e. The largest absolute Gasteiger partial charge is 0.355 e. The van der Waals surface area contributed by atoms with Crippen LogP contribution in [0.2, 0.25) is 5.02 Å². The van der Waals surface area contributed by atoms with E-state index in [0.717, 1.165) is 17.5 Å². The molecule has 1 aliphatic rings. The van der Waals surface area contributed by atoms with Crippen molar-refractivity contribution in [1.82, 2.24) is 19.8 Å². The van der Waals surface area contributed by atoms with E-state index in [2.05, 4.69) is 29.3 Å². The van der Waals surface area contributed by atoms with Gasteiger partial charge in [-0.05, 0) is 73.6 Å². The summed E-state index contributed by atoms with van der Waals surface area (Å²) in [4.78, 5) is 17.4. The quantitative estimate of drug-likeness (QED) is 0.497. The van der Waals surface area contributed by atoms with E-state index in [9.17, 15) is 13.2 Å². The highest BCUT2D eigenvalue weighted by Crippen LogP contribution is 2.31. The third-order valence-electron chi connectivity index (χ3n) is 6.42. The molecule has 1 fully saturated rings. The molecule has 10 heteroatoms. The predicted octanol–water partition coefficient (Wildman–Crippen LogP) is 4.44. The molecule has 186 valence electrons. The zero-order valence-electron chi connectivity index (χ0n) is 19.9. The molecule has 2 aromatic carbocycles. The van der Waals surface area contributed by atoms with E-state index in [-0.39, 0.29) is 23.3 Å². The van der Waals surface area contributed by atoms with Crippen LogP contribution >= 0.6 is 11.6 Å². The highest BCUT2D eigenvalue weighted by Gasteiger charge is 2.39. The molecule has 0 saturated carbocycles. The summed E-state index contributed by atoms with van der Waals surface area (Å²) in [6.45, 7) is 6.52. The maximum Gasteiger partial charge on any atom is 0.257 e. The summed E-state index contributed by atoms with van der Waals surface area (Å²) in [6, 6.07) is 12.4. The van der Waals surface area contributed by atoms with Crippen molar-refractivity contribution in [1.29, 1.82) is 0 Å². The van der Waals surface area contributed by atoms with Gasteiger partial charge in [0.05, 0.1) is 4.90 Å². The number of hydrogen-bond acceptors (Lipinski definition) is 6. The average molecular weight is 517 g/mol. The Labute approximate surface area is 210 Å². The molecule has 2 unspecified atom stereocenters. The normalized spacial score (nSPS) is 19.1. The van der Waals surface area contributed by atoms with Crippen LogP contribution < -0.4 is 5.32 Å². The number of sulfonamides is 1. The maximum absolute atomic E-state index is 13.8. The second-order valence-corrected chi connectivity index (χ2v) is 11.5. The van der Waals surface area contributed by atoms with Gasteiger partial charge in [0.2, 0.25) is 15.9 Å². The van der Waals surface area contributed by atoms with Crippen molar-refractivity contribution < 1.29 is 17.7 Å². The molecule has 0 radical (unpaired) electrons. The molecule has 2 atom stereocenters. The van der Waals surface area contributed by atoms with Gasteiger partial charge >= 0.3 is 0 Å². The number of halogens is 1. The van der Waals surface area contributed by atoms with E-state index in [1.165, 1.54) is 28.6 Å². The van der Waals surface area contributed by atoms with Gasteiger partial charge in [-0.3, -0.25) is 4.79 Å². The van der Waals surface area contributed by atoms with Crippen molar-refractivity contribution in [2.45, 2.75) is 51.1 Å². The first-order valence-electron chi connectivity index (χ1n) is 11.6. The lowest BCUT2D eigenvalue weighted by atomic mass is 9.87. The molecule has 1 N–H and O–H groups in total. The second kappa shape index (κ2) is 10.5. The lowest BCUT2D eigenvalue weighted by Crippen LogP contribution is -2.48. The number of aryl methyl sites for hydroxylation is 1. The summed E-state index contributed by atoms with van der Waals surface area (Å²) in [5, 5.41) is 7.16. The first-order valence-corrected chi connectivity index (χ1v) is 13.4. The Kier molecular flexibility index (Phi) is 7.59. The van der Waals surface area contributed by atoms with Crippen LogP contribution in [0.15, 0.2) is 57.9 Å². The lowest BCUT2D eigenvalue weighted by molar-refractivity contribution is -0.124. The molecule has 1 saturated heterocycles. The highest BCUT2D eigenvalue weighted by atomic mass is 35.5. The molecule has 1 aliphatic heterocycles. The van der Waals surface area contributed by atoms with Gasteiger partial charge in [-0.1, -0.05) is 42.7 Å². The number of nitrogens with zero attached hydrogens (tertiary/aromatic N) is 3. The Morgan fingerprint density at radius 2 is 1.83 bits per heavy atom. The number of aromatic nitrogens is 2. The van der Waals surface area contributed by atoms with Crippen LogP contribution in [-0.2, 0) is 21.4 Å². The van der Waals surface area contributed by atoms with E-state index in [0.29, 0.717) is 35.6 Å². The molecule has 8 nitrogen and oxygen atoms in total. The first-order chi connectivity index (χ1) is 16.6. The summed E-state index contributed by atoms with van der Waals surface area (Å²) >= 11 is 6.00. The monoisotopic (exact) mass is 516 g/mol. The molecule has 1 aromatic heterocycles. The van der Waals surface area contributed by atoms with Gasteiger partial charge in [-0.15, -0.1) is 0 Å². The van der Waals surface area contributed by atoms with Crippen LogP contribution in [-0.4, -0.2) is 41.4 Å². The zero-order chi connectivity index (χ0) is 25.2. The van der Waals surface area contributed by atoms with E-state index in [1.54, 1.807) is 19.1 Å². The Bertz CT molecular complexity index is 1270. The summed E-state index contributed by atoms with van der Waals surface area (Å²) in [6.07, 6.45) is 1.27. The molecule has 1 amide bonds. The Balaban J connectivity index is 1.71. The van der Waals surface area contributed by atoms with E-state index >= 15 is 0 Å². The molecule has 4 rings (SSSR count). The summed E-state index contributed by atoms with van der Waals surface area (Å²) < 4.78 is 34.2. The fourth-order valence-electron chi connectivity index (χ4n) is 4.32. The van der Waals surface area contributed by atoms with E-state index in [4.69, 9.17) is 16.1 Å². The summed E-state index contributed by atoms with van der Waals surface area (Å²) in [5.74, 6) is 1.18. The molecule has 3 aromatic rings. The SMILES string of the molecule is Cc1noc(-c2ccc(CN(C3CC(C(C)C)CCNC3=O)S(=O)(=O)c3ccc(Cl)cc3)cc2)n1. The van der Waals surface area contributed by atoms with E-state index < -0.39 is 16.1 Å². The van der Waals surface area contributed by atoms with Crippen molar-refractivity contribution in [2.24, 2.45) is 11.8 Å². The van der Waals surface area contributed by atoms with Crippen LogP contribution in [0.5, 0.6) is 0 Å². The van der Waals surface area contributed by atoms with Crippen LogP contribution in [0.3, 0.4) is 0 Å². The Hall–Kier alpha value is -2.75. The number of rotatable bonds is 7. The number of hydrogen-bond donors (Lipinski definition) is 1. The van der Waals surface area contributed by atoms with Gasteiger partial charge in [-0.25, -0.2) is 8.42 Å². The average Bonchev–Trinajstić information content (AvgIpc) is 3.16. The van der Waals surface area contributed by atoms with Gasteiger partial charge in [0.15, 0.2) is 5.82 Å². The molecule has 35 heavy (non-hydrogen) atoms. The third kappa shape index (κ3) is 5.74.